The molecule has 43 heavy (non-hydrogen) atoms. The van der Waals surface area contributed by atoms with Crippen molar-refractivity contribution >= 4 is 34.1 Å². The summed E-state index contributed by atoms with van der Waals surface area (Å²) in [5.74, 6) is -0.369. The van der Waals surface area contributed by atoms with Gasteiger partial charge in [0.15, 0.2) is 0 Å². The van der Waals surface area contributed by atoms with Crippen molar-refractivity contribution in [3.63, 3.8) is 0 Å². The van der Waals surface area contributed by atoms with Crippen LogP contribution >= 0.6 is 0 Å². The van der Waals surface area contributed by atoms with Crippen molar-refractivity contribution in [3.8, 4) is 22.6 Å². The number of nitrogens with one attached hydrogen (secondary N) is 2. The zero-order valence-electron chi connectivity index (χ0n) is 22.3. The topological polar surface area (TPSA) is 93.2 Å². The third-order valence-electron chi connectivity index (χ3n) is 7.15. The minimum absolute atomic E-state index is 0.357. The van der Waals surface area contributed by atoms with Crippen molar-refractivity contribution < 1.29 is 31.9 Å². The van der Waals surface area contributed by atoms with Crippen LogP contribution < -0.4 is 15.4 Å². The molecule has 11 heteroatoms. The molecule has 3 aromatic carbocycles. The first-order valence-electron chi connectivity index (χ1n) is 13.2. The summed E-state index contributed by atoms with van der Waals surface area (Å²) in [4.78, 5) is 33.5. The predicted molar refractivity (Wildman–Crippen MR) is 152 cm³/mol. The van der Waals surface area contributed by atoms with Gasteiger partial charge in [-0.25, -0.2) is 4.39 Å². The molecule has 0 atom stereocenters. The average molecular weight is 587 g/mol. The number of benzene rings is 3. The second-order valence-corrected chi connectivity index (χ2v) is 10.1. The summed E-state index contributed by atoms with van der Waals surface area (Å²) in [5.41, 5.74) is 0.134. The number of ether oxygens (including phenoxy) is 1. The van der Waals surface area contributed by atoms with Gasteiger partial charge in [-0.05, 0) is 103 Å². The fourth-order valence-corrected chi connectivity index (χ4v) is 4.61. The zero-order chi connectivity index (χ0) is 30.2. The van der Waals surface area contributed by atoms with Crippen molar-refractivity contribution in [2.75, 3.05) is 10.6 Å². The lowest BCUT2D eigenvalue weighted by molar-refractivity contribution is -0.141. The molecule has 6 rings (SSSR count). The van der Waals surface area contributed by atoms with E-state index in [9.17, 15) is 27.2 Å². The van der Waals surface area contributed by atoms with E-state index >= 15 is 0 Å². The van der Waals surface area contributed by atoms with Crippen LogP contribution in [0.15, 0.2) is 97.3 Å². The van der Waals surface area contributed by atoms with Crippen LogP contribution in [0.25, 0.3) is 22.0 Å². The van der Waals surface area contributed by atoms with E-state index in [0.29, 0.717) is 57.7 Å². The summed E-state index contributed by atoms with van der Waals surface area (Å²) >= 11 is 0. The molecule has 0 bridgehead atoms. The number of amides is 2. The zero-order valence-corrected chi connectivity index (χ0v) is 22.3. The van der Waals surface area contributed by atoms with Crippen molar-refractivity contribution in [1.82, 2.24) is 9.97 Å². The Labute approximate surface area is 242 Å². The molecular weight excluding hydrogens is 564 g/mol. The molecule has 0 radical (unpaired) electrons. The first-order valence-corrected chi connectivity index (χ1v) is 13.2. The van der Waals surface area contributed by atoms with Crippen molar-refractivity contribution in [2.45, 2.75) is 19.0 Å². The van der Waals surface area contributed by atoms with E-state index in [-0.39, 0.29) is 0 Å². The van der Waals surface area contributed by atoms with Crippen molar-refractivity contribution in [3.05, 3.63) is 109 Å². The molecule has 1 aliphatic rings. The molecule has 7 nitrogen and oxygen atoms in total. The van der Waals surface area contributed by atoms with Crippen molar-refractivity contribution in [2.24, 2.45) is 5.41 Å². The fraction of sp³-hybridized carbons (Fsp3) is 0.125. The van der Waals surface area contributed by atoms with E-state index in [4.69, 9.17) is 4.74 Å². The highest BCUT2D eigenvalue weighted by atomic mass is 19.4. The molecule has 2 heterocycles. The van der Waals surface area contributed by atoms with E-state index in [1.807, 2.05) is 0 Å². The summed E-state index contributed by atoms with van der Waals surface area (Å²) in [7, 11) is 0. The number of hydrogen-bond donors (Lipinski definition) is 2. The largest absolute Gasteiger partial charge is 0.457 e. The van der Waals surface area contributed by atoms with E-state index in [0.717, 1.165) is 12.3 Å². The maximum atomic E-state index is 13.2. The van der Waals surface area contributed by atoms with Crippen LogP contribution in [0.4, 0.5) is 28.9 Å². The van der Waals surface area contributed by atoms with Crippen LogP contribution in [0.5, 0.6) is 11.5 Å². The molecule has 216 valence electrons. The van der Waals surface area contributed by atoms with Gasteiger partial charge in [0.25, 0.3) is 0 Å². The lowest BCUT2D eigenvalue weighted by atomic mass is 10.0. The predicted octanol–water partition coefficient (Wildman–Crippen LogP) is 7.60. The molecule has 0 aliphatic heterocycles. The Kier molecular flexibility index (Phi) is 7.01. The number of nitrogens with zero attached hydrogens (tertiary/aromatic N) is 2. The Morgan fingerprint density at radius 1 is 0.744 bits per heavy atom. The molecular formula is C32H22F4N4O3. The van der Waals surface area contributed by atoms with Crippen LogP contribution in [-0.4, -0.2) is 21.8 Å². The summed E-state index contributed by atoms with van der Waals surface area (Å²) in [6.07, 6.45) is -1.10. The van der Waals surface area contributed by atoms with Gasteiger partial charge in [0.2, 0.25) is 11.8 Å². The van der Waals surface area contributed by atoms with Gasteiger partial charge in [0.05, 0.1) is 5.52 Å². The third-order valence-corrected chi connectivity index (χ3v) is 7.15. The third kappa shape index (κ3) is 5.87. The van der Waals surface area contributed by atoms with Gasteiger partial charge < -0.3 is 15.4 Å². The number of fused-ring (bicyclic) bond motifs is 1. The van der Waals surface area contributed by atoms with E-state index in [2.05, 4.69) is 20.6 Å². The molecule has 1 saturated carbocycles. The molecule has 2 N–H and O–H groups in total. The number of pyridine rings is 2. The minimum atomic E-state index is -4.55. The maximum Gasteiger partial charge on any atom is 0.433 e. The first kappa shape index (κ1) is 27.8. The van der Waals surface area contributed by atoms with Crippen LogP contribution in [0.3, 0.4) is 0 Å². The van der Waals surface area contributed by atoms with Gasteiger partial charge in [-0.1, -0.05) is 6.07 Å². The second kappa shape index (κ2) is 10.8. The highest BCUT2D eigenvalue weighted by molar-refractivity contribution is 6.16. The van der Waals surface area contributed by atoms with Gasteiger partial charge in [0, 0.05) is 29.2 Å². The normalized spacial score (nSPS) is 13.8. The molecule has 0 saturated heterocycles. The lowest BCUT2D eigenvalue weighted by Crippen LogP contribution is -2.35. The monoisotopic (exact) mass is 586 g/mol. The number of alkyl halides is 3. The molecule has 1 fully saturated rings. The minimum Gasteiger partial charge on any atom is -0.457 e. The molecule has 2 aromatic heterocycles. The van der Waals surface area contributed by atoms with Gasteiger partial charge in [0.1, 0.15) is 28.4 Å². The quantitative estimate of drug-likeness (QED) is 0.151. The average Bonchev–Trinajstić information content (AvgIpc) is 3.81. The van der Waals surface area contributed by atoms with E-state index in [1.165, 1.54) is 36.5 Å². The van der Waals surface area contributed by atoms with Gasteiger partial charge in [-0.2, -0.15) is 13.2 Å². The smallest absolute Gasteiger partial charge is 0.433 e. The highest BCUT2D eigenvalue weighted by Crippen LogP contribution is 2.47. The SMILES string of the molecule is O=C(Nc1ccc(F)cc1)C1(C(=O)Nc2ccc(Oc3ccnc4cc(-c5ccnc(C(F)(F)F)c5)ccc34)cc2)CC1. The summed E-state index contributed by atoms with van der Waals surface area (Å²) in [6, 6.07) is 21.2. The summed E-state index contributed by atoms with van der Waals surface area (Å²) < 4.78 is 58.6. The van der Waals surface area contributed by atoms with Crippen LogP contribution in [-0.2, 0) is 15.8 Å². The first-order chi connectivity index (χ1) is 20.6. The van der Waals surface area contributed by atoms with Gasteiger partial charge in [-0.15, -0.1) is 0 Å². The summed E-state index contributed by atoms with van der Waals surface area (Å²) in [6.45, 7) is 0. The van der Waals surface area contributed by atoms with Gasteiger partial charge >= 0.3 is 6.18 Å². The van der Waals surface area contributed by atoms with Gasteiger partial charge in [-0.3, -0.25) is 19.6 Å². The Morgan fingerprint density at radius 2 is 1.35 bits per heavy atom. The Morgan fingerprint density at radius 3 is 1.98 bits per heavy atom. The number of carbonyl (C=O) groups excluding carboxylic acids is 2. The Bertz CT molecular complexity index is 1840. The molecule has 5 aromatic rings. The fourth-order valence-electron chi connectivity index (χ4n) is 4.61. The number of hydrogen-bond acceptors (Lipinski definition) is 5. The maximum absolute atomic E-state index is 13.2. The lowest BCUT2D eigenvalue weighted by Gasteiger charge is -2.16. The standard InChI is InChI=1S/C32H22F4N4O3/c33-21-2-4-22(5-3-21)39-29(41)31(13-14-31)30(42)40-23-6-8-24(9-7-23)43-27-12-16-37-26-17-19(1-10-25(26)27)20-11-15-38-28(18-20)32(34,35)36/h1-12,15-18H,13-14H2,(H,39,41)(H,40,42). The van der Waals surface area contributed by atoms with Crippen molar-refractivity contribution in [1.29, 1.82) is 0 Å². The molecule has 2 amide bonds. The van der Waals surface area contributed by atoms with Crippen LogP contribution in [0, 0.1) is 11.2 Å². The Balaban J connectivity index is 1.14. The molecule has 0 spiro atoms. The number of aromatic nitrogens is 2. The Hall–Kier alpha value is -5.32. The molecule has 1 aliphatic carbocycles. The molecule has 0 unspecified atom stereocenters. The number of anilines is 2. The van der Waals surface area contributed by atoms with E-state index < -0.39 is 34.9 Å². The number of rotatable bonds is 7. The number of halogens is 4. The second-order valence-electron chi connectivity index (χ2n) is 10.1. The highest BCUT2D eigenvalue weighted by Gasteiger charge is 2.56. The van der Waals surface area contributed by atoms with Crippen LogP contribution in [0.2, 0.25) is 0 Å². The van der Waals surface area contributed by atoms with Crippen LogP contribution in [0.1, 0.15) is 18.5 Å². The van der Waals surface area contributed by atoms with E-state index in [1.54, 1.807) is 48.5 Å². The number of carbonyl (C=O) groups is 2. The summed E-state index contributed by atoms with van der Waals surface area (Å²) in [5, 5.41) is 6.10.